The smallest absolute Gasteiger partial charge is 0.310 e. The Morgan fingerprint density at radius 2 is 1.43 bits per heavy atom. The first-order chi connectivity index (χ1) is 13.7. The molecule has 0 saturated carbocycles. The number of rotatable bonds is 4. The number of carbonyl (C=O) groups excluding carboxylic acids is 1. The monoisotopic (exact) mass is 398 g/mol. The van der Waals surface area contributed by atoms with E-state index in [2.05, 4.69) is 4.98 Å². The molecule has 2 N–H and O–H groups in total. The Kier molecular flexibility index (Phi) is 6.41. The van der Waals surface area contributed by atoms with E-state index >= 15 is 0 Å². The third kappa shape index (κ3) is 3.61. The second-order valence-electron chi connectivity index (χ2n) is 8.31. The summed E-state index contributed by atoms with van der Waals surface area (Å²) in [5, 5.41) is 18.7. The maximum atomic E-state index is 14.8. The van der Waals surface area contributed by atoms with Crippen molar-refractivity contribution in [1.29, 1.82) is 0 Å². The van der Waals surface area contributed by atoms with E-state index in [0.29, 0.717) is 33.1 Å². The molecular weight excluding hydrogens is 376 g/mol. The molecular formula is C14H20B9FN2O4. The molecule has 30 heavy (non-hydrogen) atoms. The summed E-state index contributed by atoms with van der Waals surface area (Å²) < 4.78 is 14.8. The molecule has 0 aliphatic rings. The fourth-order valence-electron chi connectivity index (χ4n) is 3.60. The van der Waals surface area contributed by atoms with Crippen molar-refractivity contribution in [2.45, 2.75) is 5.34 Å². The van der Waals surface area contributed by atoms with Crippen molar-refractivity contribution in [1.82, 2.24) is 9.79 Å². The van der Waals surface area contributed by atoms with E-state index in [1.165, 1.54) is 23.7 Å². The number of amides is 1. The van der Waals surface area contributed by atoms with Crippen molar-refractivity contribution in [2.24, 2.45) is 0 Å². The van der Waals surface area contributed by atoms with Gasteiger partial charge < -0.3 is 15.0 Å². The van der Waals surface area contributed by atoms with Crippen LogP contribution in [0.25, 0.3) is 11.1 Å². The van der Waals surface area contributed by atoms with Crippen LogP contribution in [0.4, 0.5) is 4.39 Å². The zero-order valence-corrected chi connectivity index (χ0v) is 19.0. The highest BCUT2D eigenvalue weighted by molar-refractivity contribution is 6.62. The Hall–Kier alpha value is -2.38. The van der Waals surface area contributed by atoms with E-state index in [-0.39, 0.29) is 17.3 Å². The fraction of sp³-hybridized carbons (Fsp3) is 0.0714. The van der Waals surface area contributed by atoms with Gasteiger partial charge in [-0.2, -0.15) is 0 Å². The number of aromatic nitrogens is 1. The number of halogens is 1. The van der Waals surface area contributed by atoms with E-state index in [1.54, 1.807) is 31.4 Å². The lowest BCUT2D eigenvalue weighted by Gasteiger charge is -2.33. The second-order valence-corrected chi connectivity index (χ2v) is 8.31. The van der Waals surface area contributed by atoms with E-state index in [1.807, 2.05) is 15.7 Å². The lowest BCUT2D eigenvalue weighted by molar-refractivity contribution is -0.139. The van der Waals surface area contributed by atoms with E-state index in [4.69, 9.17) is 0 Å². The number of benzene rings is 1. The molecule has 1 heterocycles. The molecule has 16 heteroatoms. The predicted molar refractivity (Wildman–Crippen MR) is 143 cm³/mol. The first kappa shape index (κ1) is 23.9. The third-order valence-corrected chi connectivity index (χ3v) is 6.25. The lowest BCUT2D eigenvalue weighted by Crippen LogP contribution is -2.57. The maximum absolute atomic E-state index is 14.8. The normalized spacial score (nSPS) is 11.2. The quantitative estimate of drug-likeness (QED) is 0.501. The summed E-state index contributed by atoms with van der Waals surface area (Å²) in [7, 11) is 14.6. The summed E-state index contributed by atoms with van der Waals surface area (Å²) in [6.07, 6.45) is 0. The highest BCUT2D eigenvalue weighted by Gasteiger charge is 2.36. The molecule has 0 bridgehead atoms. The molecule has 1 aromatic carbocycles. The van der Waals surface area contributed by atoms with Crippen molar-refractivity contribution in [3.63, 3.8) is 0 Å². The lowest BCUT2D eigenvalue weighted by atomic mass is 9.59. The first-order valence-electron chi connectivity index (χ1n) is 9.64. The van der Waals surface area contributed by atoms with E-state index < -0.39 is 17.2 Å². The van der Waals surface area contributed by atoms with Gasteiger partial charge in [-0.25, -0.2) is 4.39 Å². The van der Waals surface area contributed by atoms with Gasteiger partial charge in [0.15, 0.2) is 13.5 Å². The summed E-state index contributed by atoms with van der Waals surface area (Å²) in [5.74, 6) is -2.54. The summed E-state index contributed by atoms with van der Waals surface area (Å²) in [4.78, 5) is 29.8. The number of nitrogens with zero attached hydrogens (tertiary/aromatic N) is 2. The molecule has 0 spiro atoms. The van der Waals surface area contributed by atoms with E-state index in [9.17, 15) is 24.2 Å². The first-order valence-corrected chi connectivity index (χ1v) is 9.64. The molecule has 2 aromatic rings. The number of carboxylic acid groups (broad SMARTS) is 1. The van der Waals surface area contributed by atoms with Crippen LogP contribution in [0.3, 0.4) is 0 Å². The zero-order chi connectivity index (χ0) is 23.3. The van der Waals surface area contributed by atoms with Crippen LogP contribution in [0.5, 0.6) is 5.75 Å². The Bertz CT molecular complexity index is 1070. The number of carboxylic acids is 1. The van der Waals surface area contributed by atoms with Crippen molar-refractivity contribution in [3.05, 3.63) is 11.5 Å². The van der Waals surface area contributed by atoms with Crippen LogP contribution in [-0.4, -0.2) is 108 Å². The number of carbonyl (C=O) groups is 2. The molecule has 0 unspecified atom stereocenters. The predicted octanol–water partition coefficient (Wildman–Crippen LogP) is -11.9. The van der Waals surface area contributed by atoms with Gasteiger partial charge in [0, 0.05) is 5.59 Å². The van der Waals surface area contributed by atoms with Gasteiger partial charge in [0.05, 0.1) is 5.34 Å². The maximum Gasteiger partial charge on any atom is 0.310 e. The summed E-state index contributed by atoms with van der Waals surface area (Å²) >= 11 is 0. The molecule has 144 valence electrons. The fourth-order valence-corrected chi connectivity index (χ4v) is 3.60. The highest BCUT2D eigenvalue weighted by Crippen LogP contribution is 2.20. The van der Waals surface area contributed by atoms with Gasteiger partial charge in [-0.1, -0.05) is 16.4 Å². The van der Waals surface area contributed by atoms with Crippen LogP contribution in [0.2, 0.25) is 0 Å². The average molecular weight is 397 g/mol. The molecule has 0 aliphatic heterocycles. The number of hydrogen-bond acceptors (Lipinski definition) is 4. The molecule has 0 saturated heterocycles. The standard InChI is InChI=1S/C14H20B9FN2O4/c15-3-1(4(16)8(24)7(19)6(3)18)2-5(17)10(27)9(25-11(2)20)12(28)26(23)14(21,22)13(29)30/h27H,15-23H2,(H,29,30). The topological polar surface area (TPSA) is 90.7 Å². The van der Waals surface area contributed by atoms with Crippen molar-refractivity contribution >= 4 is 116 Å². The third-order valence-electron chi connectivity index (χ3n) is 6.25. The molecule has 0 atom stereocenters. The summed E-state index contributed by atoms with van der Waals surface area (Å²) in [5.41, 5.74) is 4.54. The molecule has 1 amide bonds. The van der Waals surface area contributed by atoms with E-state index in [0.717, 1.165) is 15.7 Å². The van der Waals surface area contributed by atoms with Crippen LogP contribution in [0, 0.1) is 5.82 Å². The highest BCUT2D eigenvalue weighted by atomic mass is 19.1. The van der Waals surface area contributed by atoms with Crippen molar-refractivity contribution in [3.8, 4) is 16.9 Å². The Morgan fingerprint density at radius 1 is 0.900 bits per heavy atom. The number of aliphatic carboxylic acids is 1. The van der Waals surface area contributed by atoms with Gasteiger partial charge >= 0.3 is 5.97 Å². The average Bonchev–Trinajstić information content (AvgIpc) is 2.68. The Balaban J connectivity index is 2.76. The molecule has 0 fully saturated rings. The Labute approximate surface area is 183 Å². The van der Waals surface area contributed by atoms with Crippen LogP contribution in [-0.2, 0) is 4.79 Å². The van der Waals surface area contributed by atoms with Gasteiger partial charge in [0.25, 0.3) is 5.91 Å². The van der Waals surface area contributed by atoms with Gasteiger partial charge in [-0.15, -0.1) is 0 Å². The Morgan fingerprint density at radius 3 is 1.93 bits per heavy atom. The molecule has 6 nitrogen and oxygen atoms in total. The zero-order valence-electron chi connectivity index (χ0n) is 19.0. The molecule has 0 radical (unpaired) electrons. The summed E-state index contributed by atoms with van der Waals surface area (Å²) in [6.45, 7) is 0. The van der Waals surface area contributed by atoms with Crippen LogP contribution in [0.1, 0.15) is 10.5 Å². The minimum atomic E-state index is -1.49. The largest absolute Gasteiger partial charge is 0.506 e. The van der Waals surface area contributed by atoms with Crippen LogP contribution >= 0.6 is 0 Å². The molecule has 0 aliphatic carbocycles. The number of hydrogen-bond donors (Lipinski definition) is 2. The van der Waals surface area contributed by atoms with Gasteiger partial charge in [0.1, 0.15) is 66.5 Å². The van der Waals surface area contributed by atoms with Crippen molar-refractivity contribution in [2.75, 3.05) is 0 Å². The van der Waals surface area contributed by atoms with Gasteiger partial charge in [-0.05, 0) is 22.1 Å². The minimum Gasteiger partial charge on any atom is -0.506 e. The minimum absolute atomic E-state index is 0.231. The SMILES string of the molecule is Bc1nc(C(=O)N(B)C(B)(B)C(=O)O)c(O)c(B)c1-c1c(B)c(B)c(B)c(F)c1B. The van der Waals surface area contributed by atoms with Gasteiger partial charge in [0.2, 0.25) is 7.98 Å². The van der Waals surface area contributed by atoms with Crippen LogP contribution in [0.15, 0.2) is 0 Å². The van der Waals surface area contributed by atoms with Crippen LogP contribution < -0.4 is 32.9 Å². The second kappa shape index (κ2) is 8.04. The summed E-state index contributed by atoms with van der Waals surface area (Å²) in [6, 6.07) is 0. The molecule has 2 rings (SSSR count). The number of pyridine rings is 1. The van der Waals surface area contributed by atoms with Gasteiger partial charge in [-0.3, -0.25) is 14.6 Å². The molecule has 1 aromatic heterocycles. The van der Waals surface area contributed by atoms with Crippen molar-refractivity contribution < 1.29 is 24.2 Å². The number of aromatic hydroxyl groups is 1.